The van der Waals surface area contributed by atoms with Gasteiger partial charge in [0.2, 0.25) is 10.0 Å². The molecule has 1 aromatic carbocycles. The fourth-order valence-electron chi connectivity index (χ4n) is 2.65. The van der Waals surface area contributed by atoms with E-state index in [2.05, 4.69) is 5.32 Å². The highest BCUT2D eigenvalue weighted by molar-refractivity contribution is 7.89. The Balaban J connectivity index is 1.88. The van der Waals surface area contributed by atoms with E-state index in [0.29, 0.717) is 12.5 Å². The number of nitrogens with zero attached hydrogens (tertiary/aromatic N) is 1. The quantitative estimate of drug-likeness (QED) is 0.851. The van der Waals surface area contributed by atoms with E-state index in [9.17, 15) is 18.3 Å². The minimum absolute atomic E-state index is 0.134. The molecule has 3 rings (SSSR count). The van der Waals surface area contributed by atoms with Crippen LogP contribution in [0.3, 0.4) is 0 Å². The summed E-state index contributed by atoms with van der Waals surface area (Å²) in [6.07, 6.45) is 2.32. The Morgan fingerprint density at radius 1 is 1.24 bits per heavy atom. The van der Waals surface area contributed by atoms with Crippen LogP contribution >= 0.6 is 0 Å². The summed E-state index contributed by atoms with van der Waals surface area (Å²) in [6.45, 7) is 0.765. The Morgan fingerprint density at radius 2 is 1.90 bits per heavy atom. The van der Waals surface area contributed by atoms with E-state index in [1.807, 2.05) is 12.1 Å². The number of hydrogen-bond acceptors (Lipinski definition) is 4. The SMILES string of the molecule is O=C(O)C1CNCCN1S(=O)(=O)c1ccc(C2CC2)cc1. The summed E-state index contributed by atoms with van der Waals surface area (Å²) in [4.78, 5) is 11.4. The maximum Gasteiger partial charge on any atom is 0.323 e. The second-order valence-electron chi connectivity index (χ2n) is 5.52. The molecular formula is C14H18N2O4S. The Labute approximate surface area is 123 Å². The van der Waals surface area contributed by atoms with E-state index < -0.39 is 22.0 Å². The predicted molar refractivity (Wildman–Crippen MR) is 76.6 cm³/mol. The molecule has 1 saturated carbocycles. The van der Waals surface area contributed by atoms with Crippen molar-refractivity contribution in [1.82, 2.24) is 9.62 Å². The Hall–Kier alpha value is -1.44. The number of rotatable bonds is 4. The highest BCUT2D eigenvalue weighted by Crippen LogP contribution is 2.40. The van der Waals surface area contributed by atoms with Gasteiger partial charge in [-0.3, -0.25) is 4.79 Å². The van der Waals surface area contributed by atoms with Crippen molar-refractivity contribution in [3.8, 4) is 0 Å². The zero-order chi connectivity index (χ0) is 15.0. The zero-order valence-electron chi connectivity index (χ0n) is 11.5. The Morgan fingerprint density at radius 3 is 2.48 bits per heavy atom. The van der Waals surface area contributed by atoms with Crippen molar-refractivity contribution >= 4 is 16.0 Å². The molecule has 1 aromatic rings. The number of carbonyl (C=O) groups is 1. The Kier molecular flexibility index (Phi) is 3.73. The van der Waals surface area contributed by atoms with Crippen molar-refractivity contribution in [1.29, 1.82) is 0 Å². The first-order chi connectivity index (χ1) is 10.00. The molecule has 0 bridgehead atoms. The first-order valence-electron chi connectivity index (χ1n) is 7.05. The van der Waals surface area contributed by atoms with Crippen LogP contribution in [0.1, 0.15) is 24.3 Å². The molecule has 1 unspecified atom stereocenters. The second-order valence-corrected chi connectivity index (χ2v) is 7.41. The topological polar surface area (TPSA) is 86.7 Å². The van der Waals surface area contributed by atoms with Crippen LogP contribution in [-0.4, -0.2) is 49.5 Å². The van der Waals surface area contributed by atoms with Gasteiger partial charge in [-0.2, -0.15) is 4.31 Å². The van der Waals surface area contributed by atoms with E-state index in [0.717, 1.165) is 22.7 Å². The highest BCUT2D eigenvalue weighted by atomic mass is 32.2. The molecule has 114 valence electrons. The van der Waals surface area contributed by atoms with Gasteiger partial charge in [0, 0.05) is 19.6 Å². The number of benzene rings is 1. The molecule has 1 aliphatic carbocycles. The summed E-state index contributed by atoms with van der Waals surface area (Å²) >= 11 is 0. The van der Waals surface area contributed by atoms with Gasteiger partial charge in [-0.15, -0.1) is 0 Å². The van der Waals surface area contributed by atoms with Gasteiger partial charge in [-0.1, -0.05) is 12.1 Å². The standard InChI is InChI=1S/C14H18N2O4S/c17-14(18)13-9-15-7-8-16(13)21(19,20)12-5-3-11(4-6-12)10-1-2-10/h3-6,10,13,15H,1-2,7-9H2,(H,17,18). The lowest BCUT2D eigenvalue weighted by Crippen LogP contribution is -2.56. The molecule has 1 atom stereocenters. The number of piperazine rings is 1. The molecule has 0 spiro atoms. The first-order valence-corrected chi connectivity index (χ1v) is 8.49. The van der Waals surface area contributed by atoms with Gasteiger partial charge >= 0.3 is 5.97 Å². The summed E-state index contributed by atoms with van der Waals surface area (Å²) in [5, 5.41) is 12.1. The summed E-state index contributed by atoms with van der Waals surface area (Å²) in [5.74, 6) is -0.562. The van der Waals surface area contributed by atoms with E-state index in [1.165, 1.54) is 0 Å². The van der Waals surface area contributed by atoms with Crippen molar-refractivity contribution in [2.45, 2.75) is 29.7 Å². The Bertz CT molecular complexity index is 637. The molecular weight excluding hydrogens is 292 g/mol. The van der Waals surface area contributed by atoms with Gasteiger partial charge in [0.05, 0.1) is 4.90 Å². The summed E-state index contributed by atoms with van der Waals surface area (Å²) in [6, 6.07) is 5.80. The summed E-state index contributed by atoms with van der Waals surface area (Å²) in [5.41, 5.74) is 1.16. The number of nitrogens with one attached hydrogen (secondary N) is 1. The van der Waals surface area contributed by atoms with Crippen LogP contribution in [0, 0.1) is 0 Å². The van der Waals surface area contributed by atoms with Crippen molar-refractivity contribution in [3.63, 3.8) is 0 Å². The van der Waals surface area contributed by atoms with Gasteiger partial charge in [0.15, 0.2) is 0 Å². The highest BCUT2D eigenvalue weighted by Gasteiger charge is 2.37. The van der Waals surface area contributed by atoms with Crippen molar-refractivity contribution in [2.24, 2.45) is 0 Å². The molecule has 2 N–H and O–H groups in total. The second kappa shape index (κ2) is 5.40. The molecule has 1 heterocycles. The minimum Gasteiger partial charge on any atom is -0.480 e. The third-order valence-electron chi connectivity index (χ3n) is 4.01. The largest absolute Gasteiger partial charge is 0.480 e. The van der Waals surface area contributed by atoms with Crippen LogP contribution in [-0.2, 0) is 14.8 Å². The van der Waals surface area contributed by atoms with Gasteiger partial charge < -0.3 is 10.4 Å². The molecule has 6 nitrogen and oxygen atoms in total. The molecule has 2 aliphatic rings. The number of carboxylic acid groups (broad SMARTS) is 1. The molecule has 0 aromatic heterocycles. The molecule has 2 fully saturated rings. The average Bonchev–Trinajstić information content (AvgIpc) is 3.32. The lowest BCUT2D eigenvalue weighted by atomic mass is 10.1. The fraction of sp³-hybridized carbons (Fsp3) is 0.500. The lowest BCUT2D eigenvalue weighted by molar-refractivity contribution is -0.141. The maximum absolute atomic E-state index is 12.6. The minimum atomic E-state index is -3.77. The molecule has 1 saturated heterocycles. The zero-order valence-corrected chi connectivity index (χ0v) is 12.3. The predicted octanol–water partition coefficient (Wildman–Crippen LogP) is 0.611. The van der Waals surface area contributed by atoms with Crippen molar-refractivity contribution in [3.05, 3.63) is 29.8 Å². The summed E-state index contributed by atoms with van der Waals surface area (Å²) < 4.78 is 26.3. The smallest absolute Gasteiger partial charge is 0.323 e. The van der Waals surface area contributed by atoms with E-state index in [4.69, 9.17) is 0 Å². The maximum atomic E-state index is 12.6. The van der Waals surface area contributed by atoms with Gasteiger partial charge in [-0.25, -0.2) is 8.42 Å². The van der Waals surface area contributed by atoms with Gasteiger partial charge in [0.25, 0.3) is 0 Å². The van der Waals surface area contributed by atoms with Crippen molar-refractivity contribution in [2.75, 3.05) is 19.6 Å². The average molecular weight is 310 g/mol. The van der Waals surface area contributed by atoms with Gasteiger partial charge in [0.1, 0.15) is 6.04 Å². The third kappa shape index (κ3) is 2.81. The van der Waals surface area contributed by atoms with E-state index >= 15 is 0 Å². The first kappa shape index (κ1) is 14.5. The van der Waals surface area contributed by atoms with Crippen molar-refractivity contribution < 1.29 is 18.3 Å². The third-order valence-corrected chi connectivity index (χ3v) is 5.94. The van der Waals surface area contributed by atoms with Crippen LogP contribution in [0.15, 0.2) is 29.2 Å². The monoisotopic (exact) mass is 310 g/mol. The molecule has 7 heteroatoms. The van der Waals surface area contributed by atoms with E-state index in [-0.39, 0.29) is 18.0 Å². The van der Waals surface area contributed by atoms with Crippen LogP contribution in [0.25, 0.3) is 0 Å². The van der Waals surface area contributed by atoms with Gasteiger partial charge in [-0.05, 0) is 36.5 Å². The van der Waals surface area contributed by atoms with E-state index in [1.54, 1.807) is 12.1 Å². The fourth-order valence-corrected chi connectivity index (χ4v) is 4.23. The lowest BCUT2D eigenvalue weighted by Gasteiger charge is -2.32. The molecule has 1 aliphatic heterocycles. The summed E-state index contributed by atoms with van der Waals surface area (Å²) in [7, 11) is -3.77. The number of carboxylic acids is 1. The molecule has 0 radical (unpaired) electrons. The normalized spacial score (nSPS) is 23.9. The van der Waals surface area contributed by atoms with Crippen LogP contribution in [0.4, 0.5) is 0 Å². The number of sulfonamides is 1. The molecule has 0 amide bonds. The van der Waals surface area contributed by atoms with Crippen LogP contribution in [0.2, 0.25) is 0 Å². The number of hydrogen-bond donors (Lipinski definition) is 2. The van der Waals surface area contributed by atoms with Crippen LogP contribution < -0.4 is 5.32 Å². The number of aliphatic carboxylic acids is 1. The molecule has 21 heavy (non-hydrogen) atoms. The van der Waals surface area contributed by atoms with Crippen LogP contribution in [0.5, 0.6) is 0 Å².